The molecule has 0 bridgehead atoms. The number of fused-ring (bicyclic) bond motifs is 1. The van der Waals surface area contributed by atoms with Gasteiger partial charge >= 0.3 is 0 Å². The highest BCUT2D eigenvalue weighted by atomic mass is 16.3. The Hall–Kier alpha value is -5.48. The van der Waals surface area contributed by atoms with Gasteiger partial charge in [-0.3, -0.25) is 9.55 Å². The number of phenols is 1. The van der Waals surface area contributed by atoms with Gasteiger partial charge in [-0.15, -0.1) is 0 Å². The molecule has 1 N–H and O–H groups in total. The fraction of sp³-hybridized carbons (Fsp3) is 0.308. The minimum atomic E-state index is -0.0773. The zero-order valence-corrected chi connectivity index (χ0v) is 35.3. The Morgan fingerprint density at radius 2 is 0.964 bits per heavy atom. The fourth-order valence-electron chi connectivity index (χ4n) is 7.33. The van der Waals surface area contributed by atoms with Gasteiger partial charge in [-0.1, -0.05) is 138 Å². The van der Waals surface area contributed by atoms with E-state index >= 15 is 0 Å². The van der Waals surface area contributed by atoms with Crippen LogP contribution < -0.4 is 0 Å². The van der Waals surface area contributed by atoms with Gasteiger partial charge in [0.2, 0.25) is 0 Å². The minimum absolute atomic E-state index is 0.0214. The third kappa shape index (κ3) is 7.67. The number of phenolic OH excluding ortho intramolecular Hbond substituents is 1. The highest BCUT2D eigenvalue weighted by molar-refractivity contribution is 5.97. The molecule has 7 rings (SSSR count). The van der Waals surface area contributed by atoms with Crippen LogP contribution in [0.5, 0.6) is 5.75 Å². The van der Waals surface area contributed by atoms with Crippen LogP contribution in [0.1, 0.15) is 105 Å². The normalized spacial score (nSPS) is 12.7. The first-order valence-electron chi connectivity index (χ1n) is 19.9. The number of hydrogen-bond acceptors (Lipinski definition) is 3. The number of aromatic hydroxyl groups is 1. The summed E-state index contributed by atoms with van der Waals surface area (Å²) in [4.78, 5) is 10.3. The van der Waals surface area contributed by atoms with Crippen LogP contribution in [-0.4, -0.2) is 19.6 Å². The second-order valence-electron chi connectivity index (χ2n) is 19.5. The van der Waals surface area contributed by atoms with Gasteiger partial charge in [0.1, 0.15) is 11.6 Å². The number of hydrogen-bond donors (Lipinski definition) is 1. The van der Waals surface area contributed by atoms with Gasteiger partial charge in [-0.25, -0.2) is 4.98 Å². The highest BCUT2D eigenvalue weighted by Crippen LogP contribution is 2.42. The molecular formula is C52H57N3O. The number of aromatic nitrogens is 3. The third-order valence-electron chi connectivity index (χ3n) is 10.9. The molecule has 2 heterocycles. The summed E-state index contributed by atoms with van der Waals surface area (Å²) in [6, 6.07) is 40.9. The maximum Gasteiger partial charge on any atom is 0.149 e. The molecule has 7 aromatic rings. The molecule has 0 aliphatic carbocycles. The van der Waals surface area contributed by atoms with Crippen LogP contribution in [0.4, 0.5) is 0 Å². The van der Waals surface area contributed by atoms with Crippen LogP contribution in [0, 0.1) is 0 Å². The lowest BCUT2D eigenvalue weighted by molar-refractivity contribution is 0.477. The summed E-state index contributed by atoms with van der Waals surface area (Å²) in [6.07, 6.45) is 1.86. The molecule has 56 heavy (non-hydrogen) atoms. The smallest absolute Gasteiger partial charge is 0.149 e. The molecule has 5 aromatic carbocycles. The lowest BCUT2D eigenvalue weighted by Crippen LogP contribution is -2.17. The highest BCUT2D eigenvalue weighted by Gasteiger charge is 2.26. The van der Waals surface area contributed by atoms with Gasteiger partial charge in [0.15, 0.2) is 0 Å². The molecule has 0 fully saturated rings. The standard InChI is InChI=1S/C52H57N3O/c1-49(2,3)37-27-34(28-38(29-37)50(4,5)6)33-24-35(26-36(25-33)44-20-15-16-23-53-44)42-19-17-21-45-47(42)54-48(43-18-13-14-22-46(43)56)55(45)41-31-39(51(7,8)9)30-40(32-41)52(10,11)12/h13-32,56H,1-12H3. The first-order chi connectivity index (χ1) is 26.2. The summed E-state index contributed by atoms with van der Waals surface area (Å²) in [5, 5.41) is 11.3. The van der Waals surface area contributed by atoms with E-state index in [1.54, 1.807) is 6.07 Å². The molecule has 0 amide bonds. The summed E-state index contributed by atoms with van der Waals surface area (Å²) in [6.45, 7) is 27.3. The van der Waals surface area contributed by atoms with E-state index in [4.69, 9.17) is 9.97 Å². The first-order valence-corrected chi connectivity index (χ1v) is 19.9. The van der Waals surface area contributed by atoms with E-state index in [-0.39, 0.29) is 27.4 Å². The van der Waals surface area contributed by atoms with E-state index in [1.807, 2.05) is 36.5 Å². The maximum absolute atomic E-state index is 11.3. The Morgan fingerprint density at radius 1 is 0.464 bits per heavy atom. The zero-order chi connectivity index (χ0) is 40.4. The Kier molecular flexibility index (Phi) is 9.64. The average Bonchev–Trinajstić information content (AvgIpc) is 3.53. The SMILES string of the molecule is CC(C)(C)c1cc(-c2cc(-c3ccccn3)cc(-c3cccc4c3nc(-c3ccccc3O)n4-c3cc(C(C)(C)C)cc(C(C)(C)C)c3)c2)cc(C(C)(C)C)c1. The van der Waals surface area contributed by atoms with Crippen molar-refractivity contribution in [1.82, 2.24) is 14.5 Å². The zero-order valence-electron chi connectivity index (χ0n) is 35.3. The summed E-state index contributed by atoms with van der Waals surface area (Å²) in [7, 11) is 0. The second-order valence-corrected chi connectivity index (χ2v) is 19.5. The quantitative estimate of drug-likeness (QED) is 0.191. The molecular weight excluding hydrogens is 683 g/mol. The minimum Gasteiger partial charge on any atom is -0.507 e. The lowest BCUT2D eigenvalue weighted by Gasteiger charge is -2.27. The molecule has 0 aliphatic heterocycles. The first kappa shape index (κ1) is 38.8. The van der Waals surface area contributed by atoms with Gasteiger partial charge in [0.25, 0.3) is 0 Å². The van der Waals surface area contributed by atoms with Crippen molar-refractivity contribution >= 4 is 11.0 Å². The molecule has 0 saturated carbocycles. The van der Waals surface area contributed by atoms with Gasteiger partial charge < -0.3 is 5.11 Å². The van der Waals surface area contributed by atoms with Crippen molar-refractivity contribution in [3.05, 3.63) is 144 Å². The molecule has 0 saturated heterocycles. The number of rotatable bonds is 5. The summed E-state index contributed by atoms with van der Waals surface area (Å²) < 4.78 is 2.24. The van der Waals surface area contributed by atoms with Crippen molar-refractivity contribution in [2.24, 2.45) is 0 Å². The average molecular weight is 740 g/mol. The van der Waals surface area contributed by atoms with Crippen molar-refractivity contribution in [1.29, 1.82) is 0 Å². The molecule has 2 aromatic heterocycles. The van der Waals surface area contributed by atoms with Crippen LogP contribution in [-0.2, 0) is 21.7 Å². The second kappa shape index (κ2) is 13.9. The molecule has 0 radical (unpaired) electrons. The van der Waals surface area contributed by atoms with Gasteiger partial charge in [-0.2, -0.15) is 0 Å². The number of para-hydroxylation sites is 2. The third-order valence-corrected chi connectivity index (χ3v) is 10.9. The van der Waals surface area contributed by atoms with E-state index < -0.39 is 0 Å². The van der Waals surface area contributed by atoms with Crippen molar-refractivity contribution in [2.45, 2.75) is 105 Å². The van der Waals surface area contributed by atoms with Crippen LogP contribution in [0.3, 0.4) is 0 Å². The number of pyridine rings is 1. The molecule has 0 unspecified atom stereocenters. The lowest BCUT2D eigenvalue weighted by atomic mass is 9.78. The number of benzene rings is 5. The summed E-state index contributed by atoms with van der Waals surface area (Å²) >= 11 is 0. The Morgan fingerprint density at radius 3 is 1.52 bits per heavy atom. The van der Waals surface area contributed by atoms with Crippen molar-refractivity contribution in [2.75, 3.05) is 0 Å². The Labute approximate surface area is 334 Å². The fourth-order valence-corrected chi connectivity index (χ4v) is 7.33. The summed E-state index contributed by atoms with van der Waals surface area (Å²) in [5.74, 6) is 0.895. The maximum atomic E-state index is 11.3. The number of imidazole rings is 1. The Balaban J connectivity index is 1.55. The van der Waals surface area contributed by atoms with Crippen LogP contribution in [0.25, 0.3) is 61.6 Å². The molecule has 0 spiro atoms. The predicted octanol–water partition coefficient (Wildman–Crippen LogP) is 14.0. The van der Waals surface area contributed by atoms with E-state index in [2.05, 4.69) is 167 Å². The molecule has 4 heteroatoms. The number of nitrogens with zero attached hydrogens (tertiary/aromatic N) is 3. The van der Waals surface area contributed by atoms with Gasteiger partial charge in [0, 0.05) is 23.0 Å². The largest absolute Gasteiger partial charge is 0.507 e. The van der Waals surface area contributed by atoms with Crippen LogP contribution >= 0.6 is 0 Å². The Bertz CT molecular complexity index is 2500. The van der Waals surface area contributed by atoms with Crippen molar-refractivity contribution < 1.29 is 5.11 Å². The molecule has 0 atom stereocenters. The van der Waals surface area contributed by atoms with Crippen LogP contribution in [0.2, 0.25) is 0 Å². The predicted molar refractivity (Wildman–Crippen MR) is 237 cm³/mol. The van der Waals surface area contributed by atoms with E-state index in [0.29, 0.717) is 11.4 Å². The van der Waals surface area contributed by atoms with Crippen LogP contribution in [0.15, 0.2) is 121 Å². The molecule has 4 nitrogen and oxygen atoms in total. The van der Waals surface area contributed by atoms with E-state index in [1.165, 1.54) is 27.8 Å². The molecule has 286 valence electrons. The van der Waals surface area contributed by atoms with Crippen molar-refractivity contribution in [3.63, 3.8) is 0 Å². The monoisotopic (exact) mass is 739 g/mol. The van der Waals surface area contributed by atoms with Gasteiger partial charge in [-0.05, 0) is 121 Å². The van der Waals surface area contributed by atoms with Crippen molar-refractivity contribution in [3.8, 4) is 56.3 Å². The van der Waals surface area contributed by atoms with Gasteiger partial charge in [0.05, 0.1) is 22.3 Å². The topological polar surface area (TPSA) is 50.9 Å². The summed E-state index contributed by atoms with van der Waals surface area (Å²) in [5.41, 5.74) is 14.8. The van der Waals surface area contributed by atoms with E-state index in [9.17, 15) is 5.11 Å². The molecule has 0 aliphatic rings. The van der Waals surface area contributed by atoms with E-state index in [0.717, 1.165) is 44.7 Å².